The van der Waals surface area contributed by atoms with Crippen molar-refractivity contribution in [3.05, 3.63) is 84.2 Å². The molecule has 0 bridgehead atoms. The molecule has 33 heavy (non-hydrogen) atoms. The molecule has 1 aromatic heterocycles. The van der Waals surface area contributed by atoms with Crippen LogP contribution in [0.3, 0.4) is 0 Å². The van der Waals surface area contributed by atoms with E-state index in [1.165, 1.54) is 12.4 Å². The number of nitrogens with one attached hydrogen (secondary N) is 1. The van der Waals surface area contributed by atoms with E-state index in [2.05, 4.69) is 25.1 Å². The van der Waals surface area contributed by atoms with Gasteiger partial charge in [0.2, 0.25) is 5.95 Å². The number of anilines is 3. The largest absolute Gasteiger partial charge is 0.397 e. The third kappa shape index (κ3) is 5.74. The van der Waals surface area contributed by atoms with Crippen molar-refractivity contribution in [2.24, 2.45) is 0 Å². The van der Waals surface area contributed by atoms with Gasteiger partial charge in [0.25, 0.3) is 5.91 Å². The molecule has 4 rings (SSSR count). The minimum Gasteiger partial charge on any atom is -0.397 e. The molecule has 0 radical (unpaired) electrons. The maximum Gasteiger partial charge on any atom is 0.258 e. The normalized spacial score (nSPS) is 15.5. The van der Waals surface area contributed by atoms with Crippen molar-refractivity contribution in [3.63, 3.8) is 0 Å². The topological polar surface area (TPSA) is 108 Å². The van der Waals surface area contributed by atoms with Gasteiger partial charge in [0, 0.05) is 38.6 Å². The Kier molecular flexibility index (Phi) is 7.29. The highest BCUT2D eigenvalue weighted by Crippen LogP contribution is 2.18. The number of nitrogens with two attached hydrogens (primary N) is 1. The number of hydrogen-bond donors (Lipinski definition) is 3. The molecule has 1 saturated heterocycles. The molecule has 1 aliphatic rings. The summed E-state index contributed by atoms with van der Waals surface area (Å²) in [5.74, 6) is 0.283. The van der Waals surface area contributed by atoms with Crippen LogP contribution in [0.15, 0.2) is 73.1 Å². The maximum absolute atomic E-state index is 12.5. The van der Waals surface area contributed by atoms with E-state index in [-0.39, 0.29) is 18.6 Å². The third-order valence-corrected chi connectivity index (χ3v) is 5.67. The second-order valence-electron chi connectivity index (χ2n) is 7.86. The Morgan fingerprint density at radius 2 is 1.70 bits per heavy atom. The lowest BCUT2D eigenvalue weighted by Crippen LogP contribution is -2.51. The number of nitrogens with zero attached hydrogens (tertiary/aromatic N) is 4. The average molecular weight is 445 g/mol. The number of hydrogen-bond acceptors (Lipinski definition) is 7. The summed E-state index contributed by atoms with van der Waals surface area (Å²) >= 11 is 0. The van der Waals surface area contributed by atoms with Gasteiger partial charge in [-0.3, -0.25) is 9.69 Å². The maximum atomic E-state index is 12.5. The standard InChI is InChI=1S/C25H28N6O2/c26-22-8-4-5-9-23(22)29-24(33)20-16-27-25(28-17-20)31-14-12-30(13-15-31)21(18-32)11-10-19-6-2-1-3-7-19/h1-11,16-17,21,32H,12-15,18,26H2,(H,29,33). The molecule has 0 saturated carbocycles. The van der Waals surface area contributed by atoms with Crippen LogP contribution in [0, 0.1) is 0 Å². The van der Waals surface area contributed by atoms with E-state index in [1.54, 1.807) is 12.1 Å². The Balaban J connectivity index is 1.32. The van der Waals surface area contributed by atoms with Gasteiger partial charge in [0.1, 0.15) is 0 Å². The zero-order chi connectivity index (χ0) is 23.0. The molecule has 1 amide bonds. The number of aliphatic hydroxyl groups excluding tert-OH is 1. The second kappa shape index (κ2) is 10.7. The van der Waals surface area contributed by atoms with Gasteiger partial charge in [0.15, 0.2) is 0 Å². The fraction of sp³-hybridized carbons (Fsp3) is 0.240. The van der Waals surface area contributed by atoms with Gasteiger partial charge in [-0.05, 0) is 17.7 Å². The van der Waals surface area contributed by atoms with Gasteiger partial charge in [0.05, 0.1) is 29.6 Å². The molecule has 1 aliphatic heterocycles. The molecule has 8 nitrogen and oxygen atoms in total. The minimum atomic E-state index is -0.305. The van der Waals surface area contributed by atoms with E-state index in [0.29, 0.717) is 22.9 Å². The van der Waals surface area contributed by atoms with Crippen LogP contribution in [0.1, 0.15) is 15.9 Å². The fourth-order valence-electron chi connectivity index (χ4n) is 3.75. The lowest BCUT2D eigenvalue weighted by atomic mass is 10.1. The lowest BCUT2D eigenvalue weighted by Gasteiger charge is -2.37. The molecule has 2 heterocycles. The summed E-state index contributed by atoms with van der Waals surface area (Å²) in [6.07, 6.45) is 7.15. The number of benzene rings is 2. The second-order valence-corrected chi connectivity index (χ2v) is 7.86. The summed E-state index contributed by atoms with van der Waals surface area (Å²) in [4.78, 5) is 25.6. The lowest BCUT2D eigenvalue weighted by molar-refractivity contribution is 0.102. The summed E-state index contributed by atoms with van der Waals surface area (Å²) in [5.41, 5.74) is 8.42. The highest BCUT2D eigenvalue weighted by Gasteiger charge is 2.23. The number of carbonyl (C=O) groups excluding carboxylic acids is 1. The Morgan fingerprint density at radius 1 is 1.03 bits per heavy atom. The van der Waals surface area contributed by atoms with E-state index in [9.17, 15) is 9.90 Å². The van der Waals surface area contributed by atoms with Crippen molar-refractivity contribution in [1.82, 2.24) is 14.9 Å². The monoisotopic (exact) mass is 444 g/mol. The van der Waals surface area contributed by atoms with E-state index in [4.69, 9.17) is 5.73 Å². The van der Waals surface area contributed by atoms with Crippen LogP contribution in [0.5, 0.6) is 0 Å². The highest BCUT2D eigenvalue weighted by molar-refractivity contribution is 6.05. The molecule has 4 N–H and O–H groups in total. The van der Waals surface area contributed by atoms with Crippen LogP contribution in [0.2, 0.25) is 0 Å². The van der Waals surface area contributed by atoms with Crippen molar-refractivity contribution in [3.8, 4) is 0 Å². The quantitative estimate of drug-likeness (QED) is 0.481. The van der Waals surface area contributed by atoms with E-state index in [1.807, 2.05) is 54.6 Å². The van der Waals surface area contributed by atoms with Gasteiger partial charge in [-0.2, -0.15) is 0 Å². The van der Waals surface area contributed by atoms with Crippen LogP contribution in [-0.4, -0.2) is 64.7 Å². The van der Waals surface area contributed by atoms with Crippen LogP contribution >= 0.6 is 0 Å². The Morgan fingerprint density at radius 3 is 2.36 bits per heavy atom. The zero-order valence-electron chi connectivity index (χ0n) is 18.3. The predicted octanol–water partition coefficient (Wildman–Crippen LogP) is 2.51. The number of piperazine rings is 1. The molecule has 2 aromatic carbocycles. The molecule has 1 unspecified atom stereocenters. The van der Waals surface area contributed by atoms with Crippen molar-refractivity contribution >= 4 is 29.3 Å². The predicted molar refractivity (Wildman–Crippen MR) is 131 cm³/mol. The smallest absolute Gasteiger partial charge is 0.258 e. The summed E-state index contributed by atoms with van der Waals surface area (Å²) in [6, 6.07) is 17.1. The molecular weight excluding hydrogens is 416 g/mol. The van der Waals surface area contributed by atoms with E-state index < -0.39 is 0 Å². The Labute approximate surface area is 193 Å². The van der Waals surface area contributed by atoms with E-state index in [0.717, 1.165) is 31.7 Å². The summed E-state index contributed by atoms with van der Waals surface area (Å²) in [5, 5.41) is 12.6. The first-order valence-electron chi connectivity index (χ1n) is 10.9. The first-order chi connectivity index (χ1) is 16.1. The molecule has 1 fully saturated rings. The number of para-hydroxylation sites is 2. The van der Waals surface area contributed by atoms with Gasteiger partial charge in [-0.15, -0.1) is 0 Å². The molecule has 3 aromatic rings. The molecular formula is C25H28N6O2. The number of carbonyl (C=O) groups is 1. The van der Waals surface area contributed by atoms with Crippen LogP contribution in [0.25, 0.3) is 6.08 Å². The Bertz CT molecular complexity index is 1080. The van der Waals surface area contributed by atoms with Crippen molar-refractivity contribution in [2.45, 2.75) is 6.04 Å². The van der Waals surface area contributed by atoms with Gasteiger partial charge in [-0.1, -0.05) is 54.6 Å². The van der Waals surface area contributed by atoms with Crippen molar-refractivity contribution < 1.29 is 9.90 Å². The van der Waals surface area contributed by atoms with Crippen molar-refractivity contribution in [1.29, 1.82) is 0 Å². The summed E-state index contributed by atoms with van der Waals surface area (Å²) in [7, 11) is 0. The zero-order valence-corrected chi connectivity index (χ0v) is 18.3. The first-order valence-corrected chi connectivity index (χ1v) is 10.9. The number of nitrogen functional groups attached to an aromatic ring is 1. The van der Waals surface area contributed by atoms with Gasteiger partial charge >= 0.3 is 0 Å². The summed E-state index contributed by atoms with van der Waals surface area (Å²) < 4.78 is 0. The average Bonchev–Trinajstić information content (AvgIpc) is 2.87. The number of aliphatic hydroxyl groups is 1. The van der Waals surface area contributed by atoms with Crippen LogP contribution in [-0.2, 0) is 0 Å². The fourth-order valence-corrected chi connectivity index (χ4v) is 3.75. The van der Waals surface area contributed by atoms with E-state index >= 15 is 0 Å². The van der Waals surface area contributed by atoms with Gasteiger partial charge in [-0.25, -0.2) is 9.97 Å². The third-order valence-electron chi connectivity index (χ3n) is 5.67. The molecule has 1 atom stereocenters. The molecule has 170 valence electrons. The molecule has 0 aliphatic carbocycles. The number of amides is 1. The SMILES string of the molecule is Nc1ccccc1NC(=O)c1cnc(N2CCN(C(C=Cc3ccccc3)CO)CC2)nc1. The number of rotatable bonds is 7. The van der Waals surface area contributed by atoms with Crippen molar-refractivity contribution in [2.75, 3.05) is 48.7 Å². The van der Waals surface area contributed by atoms with Crippen LogP contribution < -0.4 is 16.0 Å². The first kappa shape index (κ1) is 22.4. The van der Waals surface area contributed by atoms with Crippen LogP contribution in [0.4, 0.5) is 17.3 Å². The molecule has 8 heteroatoms. The minimum absolute atomic E-state index is 0.0373. The number of aromatic nitrogens is 2. The Hall–Kier alpha value is -3.75. The highest BCUT2D eigenvalue weighted by atomic mass is 16.3. The van der Waals surface area contributed by atoms with Gasteiger partial charge < -0.3 is 21.1 Å². The molecule has 0 spiro atoms. The summed E-state index contributed by atoms with van der Waals surface area (Å²) in [6.45, 7) is 3.10.